The van der Waals surface area contributed by atoms with Crippen LogP contribution in [-0.4, -0.2) is 10.9 Å². The number of thiophene rings is 1. The lowest BCUT2D eigenvalue weighted by atomic mass is 9.85. The Morgan fingerprint density at radius 3 is 2.44 bits per heavy atom. The number of para-hydroxylation sites is 1. The zero-order valence-corrected chi connectivity index (χ0v) is 15.9. The molecule has 27 heavy (non-hydrogen) atoms. The maximum atomic E-state index is 12.6. The van der Waals surface area contributed by atoms with Crippen LogP contribution in [0.1, 0.15) is 40.1 Å². The average molecular weight is 372 g/mol. The molecule has 0 fully saturated rings. The number of nitrogens with two attached hydrogens (primary N) is 1. The monoisotopic (exact) mass is 372 g/mol. The molecule has 2 heterocycles. The van der Waals surface area contributed by atoms with Crippen molar-refractivity contribution in [2.75, 3.05) is 0 Å². The van der Waals surface area contributed by atoms with E-state index in [0.29, 0.717) is 5.56 Å². The first-order chi connectivity index (χ1) is 13.2. The maximum absolute atomic E-state index is 12.6. The smallest absolute Gasteiger partial charge is 0.249 e. The van der Waals surface area contributed by atoms with E-state index in [1.165, 1.54) is 4.88 Å². The predicted octanol–water partition coefficient (Wildman–Crippen LogP) is 5.60. The van der Waals surface area contributed by atoms with Crippen LogP contribution in [0.3, 0.4) is 0 Å². The van der Waals surface area contributed by atoms with E-state index in [1.54, 1.807) is 11.3 Å². The summed E-state index contributed by atoms with van der Waals surface area (Å²) in [7, 11) is 0. The maximum Gasteiger partial charge on any atom is 0.249 e. The third-order valence-corrected chi connectivity index (χ3v) is 5.85. The summed E-state index contributed by atoms with van der Waals surface area (Å²) in [6, 6.07) is 21.9. The van der Waals surface area contributed by atoms with E-state index in [4.69, 9.17) is 10.7 Å². The summed E-state index contributed by atoms with van der Waals surface area (Å²) in [5.74, 6) is -0.337. The highest BCUT2D eigenvalue weighted by atomic mass is 32.1. The summed E-state index contributed by atoms with van der Waals surface area (Å²) in [6.07, 6.45) is 0.862. The molecule has 2 aromatic heterocycles. The summed E-state index contributed by atoms with van der Waals surface area (Å²) in [5.41, 5.74) is 10.0. The highest BCUT2D eigenvalue weighted by molar-refractivity contribution is 7.10. The van der Waals surface area contributed by atoms with E-state index < -0.39 is 5.91 Å². The average Bonchev–Trinajstić information content (AvgIpc) is 3.23. The van der Waals surface area contributed by atoms with E-state index in [2.05, 4.69) is 18.4 Å². The van der Waals surface area contributed by atoms with Crippen molar-refractivity contribution < 1.29 is 4.79 Å². The fraction of sp³-hybridized carbons (Fsp3) is 0.130. The van der Waals surface area contributed by atoms with Crippen LogP contribution < -0.4 is 5.73 Å². The summed E-state index contributed by atoms with van der Waals surface area (Å²) in [5, 5.41) is 2.88. The van der Waals surface area contributed by atoms with Crippen molar-refractivity contribution in [1.29, 1.82) is 0 Å². The molecule has 1 unspecified atom stereocenters. The lowest BCUT2D eigenvalue weighted by Crippen LogP contribution is -2.18. The highest BCUT2D eigenvalue weighted by Gasteiger charge is 2.26. The number of carbonyl (C=O) groups is 1. The number of rotatable bonds is 5. The van der Waals surface area contributed by atoms with Crippen molar-refractivity contribution in [2.45, 2.75) is 19.3 Å². The minimum absolute atomic E-state index is 0.0693. The van der Waals surface area contributed by atoms with Gasteiger partial charge in [0.2, 0.25) is 5.91 Å². The SMILES string of the molecule is CCC(c1cccs1)c1c(-c2ccccc2)nc2ccccc2c1C(N)=O. The van der Waals surface area contributed by atoms with Gasteiger partial charge in [-0.15, -0.1) is 11.3 Å². The molecule has 2 N–H and O–H groups in total. The molecule has 0 bridgehead atoms. The van der Waals surface area contributed by atoms with Gasteiger partial charge in [0.1, 0.15) is 0 Å². The third-order valence-electron chi connectivity index (χ3n) is 4.87. The molecule has 1 amide bonds. The first-order valence-electron chi connectivity index (χ1n) is 9.02. The molecule has 0 aliphatic carbocycles. The third kappa shape index (κ3) is 3.13. The lowest BCUT2D eigenvalue weighted by Gasteiger charge is -2.22. The van der Waals surface area contributed by atoms with Gasteiger partial charge in [0.15, 0.2) is 0 Å². The molecule has 2 aromatic carbocycles. The van der Waals surface area contributed by atoms with Crippen LogP contribution in [0.2, 0.25) is 0 Å². The largest absolute Gasteiger partial charge is 0.366 e. The summed E-state index contributed by atoms with van der Waals surface area (Å²) < 4.78 is 0. The van der Waals surface area contributed by atoms with Crippen molar-refractivity contribution in [1.82, 2.24) is 4.98 Å². The minimum Gasteiger partial charge on any atom is -0.366 e. The van der Waals surface area contributed by atoms with Gasteiger partial charge < -0.3 is 5.73 Å². The highest BCUT2D eigenvalue weighted by Crippen LogP contribution is 2.40. The lowest BCUT2D eigenvalue weighted by molar-refractivity contribution is 0.100. The Morgan fingerprint density at radius 2 is 1.78 bits per heavy atom. The van der Waals surface area contributed by atoms with Crippen LogP contribution in [0.4, 0.5) is 0 Å². The molecule has 0 saturated heterocycles. The summed E-state index contributed by atoms with van der Waals surface area (Å²) in [6.45, 7) is 2.14. The summed E-state index contributed by atoms with van der Waals surface area (Å²) in [4.78, 5) is 18.8. The van der Waals surface area contributed by atoms with Crippen LogP contribution in [0.5, 0.6) is 0 Å². The van der Waals surface area contributed by atoms with Gasteiger partial charge in [-0.05, 0) is 23.9 Å². The summed E-state index contributed by atoms with van der Waals surface area (Å²) >= 11 is 1.70. The van der Waals surface area contributed by atoms with Gasteiger partial charge in [-0.1, -0.05) is 61.5 Å². The van der Waals surface area contributed by atoms with E-state index in [9.17, 15) is 4.79 Å². The van der Waals surface area contributed by atoms with Crippen LogP contribution >= 0.6 is 11.3 Å². The van der Waals surface area contributed by atoms with E-state index in [-0.39, 0.29) is 5.92 Å². The number of aromatic nitrogens is 1. The molecular formula is C23H20N2OS. The second-order valence-corrected chi connectivity index (χ2v) is 7.45. The Hall–Kier alpha value is -2.98. The van der Waals surface area contributed by atoms with Crippen molar-refractivity contribution >= 4 is 28.1 Å². The first-order valence-corrected chi connectivity index (χ1v) is 9.90. The molecular weight excluding hydrogens is 352 g/mol. The van der Waals surface area contributed by atoms with Gasteiger partial charge in [0, 0.05) is 27.3 Å². The van der Waals surface area contributed by atoms with E-state index >= 15 is 0 Å². The van der Waals surface area contributed by atoms with Gasteiger partial charge >= 0.3 is 0 Å². The topological polar surface area (TPSA) is 56.0 Å². The molecule has 3 nitrogen and oxygen atoms in total. The Morgan fingerprint density at radius 1 is 1.04 bits per heavy atom. The normalized spacial score (nSPS) is 12.2. The zero-order valence-electron chi connectivity index (χ0n) is 15.1. The zero-order chi connectivity index (χ0) is 18.8. The number of benzene rings is 2. The van der Waals surface area contributed by atoms with Gasteiger partial charge in [-0.25, -0.2) is 4.98 Å². The minimum atomic E-state index is -0.407. The van der Waals surface area contributed by atoms with Gasteiger partial charge in [0.25, 0.3) is 0 Å². The standard InChI is InChI=1S/C23H20N2OS/c1-2-16(19-13-8-14-27-19)20-21(23(24)26)17-11-6-7-12-18(17)25-22(20)15-9-4-3-5-10-15/h3-14,16H,2H2,1H3,(H2,24,26). The molecule has 4 rings (SSSR count). The van der Waals surface area contributed by atoms with Gasteiger partial charge in [-0.2, -0.15) is 0 Å². The Bertz CT molecular complexity index is 1090. The molecule has 0 radical (unpaired) electrons. The Balaban J connectivity index is 2.13. The fourth-order valence-electron chi connectivity index (χ4n) is 3.68. The number of fused-ring (bicyclic) bond motifs is 1. The van der Waals surface area contributed by atoms with E-state index in [0.717, 1.165) is 34.1 Å². The number of nitrogens with zero attached hydrogens (tertiary/aromatic N) is 1. The first kappa shape index (κ1) is 17.4. The van der Waals surface area contributed by atoms with E-state index in [1.807, 2.05) is 60.7 Å². The molecule has 0 aliphatic rings. The van der Waals surface area contributed by atoms with Crippen molar-refractivity contribution in [3.8, 4) is 11.3 Å². The predicted molar refractivity (Wildman–Crippen MR) is 112 cm³/mol. The number of hydrogen-bond acceptors (Lipinski definition) is 3. The van der Waals surface area contributed by atoms with Crippen LogP contribution in [-0.2, 0) is 0 Å². The number of amides is 1. The number of carbonyl (C=O) groups excluding carboxylic acids is 1. The van der Waals surface area contributed by atoms with Crippen LogP contribution in [0.25, 0.3) is 22.2 Å². The van der Waals surface area contributed by atoms with Crippen LogP contribution in [0, 0.1) is 0 Å². The van der Waals surface area contributed by atoms with Gasteiger partial charge in [0.05, 0.1) is 16.8 Å². The van der Waals surface area contributed by atoms with Crippen LogP contribution in [0.15, 0.2) is 72.1 Å². The molecule has 4 aromatic rings. The molecule has 4 heteroatoms. The van der Waals surface area contributed by atoms with Crippen molar-refractivity contribution in [3.05, 3.63) is 88.1 Å². The second kappa shape index (κ2) is 7.33. The molecule has 1 atom stereocenters. The van der Waals surface area contributed by atoms with Crippen molar-refractivity contribution in [3.63, 3.8) is 0 Å². The Kier molecular flexibility index (Phi) is 4.73. The quantitative estimate of drug-likeness (QED) is 0.495. The molecule has 0 saturated carbocycles. The number of hydrogen-bond donors (Lipinski definition) is 1. The van der Waals surface area contributed by atoms with Crippen molar-refractivity contribution in [2.24, 2.45) is 5.73 Å². The fourth-order valence-corrected chi connectivity index (χ4v) is 4.60. The number of pyridine rings is 1. The second-order valence-electron chi connectivity index (χ2n) is 6.47. The molecule has 0 aliphatic heterocycles. The molecule has 134 valence electrons. The Labute approximate surface area is 162 Å². The number of primary amides is 1. The van der Waals surface area contributed by atoms with Gasteiger partial charge in [-0.3, -0.25) is 4.79 Å². The molecule has 0 spiro atoms.